The summed E-state index contributed by atoms with van der Waals surface area (Å²) in [6.07, 6.45) is 0. The van der Waals surface area contributed by atoms with Crippen LogP contribution in [-0.2, 0) is 4.79 Å². The van der Waals surface area contributed by atoms with Crippen LogP contribution in [0.15, 0.2) is 48.5 Å². The molecular formula is C19H21FN2O3. The van der Waals surface area contributed by atoms with E-state index in [0.29, 0.717) is 12.3 Å². The highest BCUT2D eigenvalue weighted by molar-refractivity contribution is 5.95. The molecule has 0 aliphatic rings. The SMILES string of the molecule is CCOc1ccc(N(CCNC(=O)c2ccccc2F)C(C)=O)cc1. The Bertz CT molecular complexity index is 732. The average molecular weight is 344 g/mol. The van der Waals surface area contributed by atoms with Crippen molar-refractivity contribution >= 4 is 17.5 Å². The van der Waals surface area contributed by atoms with E-state index in [9.17, 15) is 14.0 Å². The maximum atomic E-state index is 13.6. The van der Waals surface area contributed by atoms with E-state index in [4.69, 9.17) is 4.74 Å². The molecule has 25 heavy (non-hydrogen) atoms. The molecule has 0 saturated carbocycles. The third-order valence-electron chi connectivity index (χ3n) is 3.58. The van der Waals surface area contributed by atoms with Gasteiger partial charge in [-0.05, 0) is 43.3 Å². The summed E-state index contributed by atoms with van der Waals surface area (Å²) in [4.78, 5) is 25.4. The summed E-state index contributed by atoms with van der Waals surface area (Å²) in [5, 5.41) is 2.63. The predicted molar refractivity (Wildman–Crippen MR) is 94.4 cm³/mol. The Morgan fingerprint density at radius 2 is 1.80 bits per heavy atom. The van der Waals surface area contributed by atoms with Gasteiger partial charge >= 0.3 is 0 Å². The lowest BCUT2D eigenvalue weighted by Gasteiger charge is -2.21. The summed E-state index contributed by atoms with van der Waals surface area (Å²) in [6.45, 7) is 4.41. The summed E-state index contributed by atoms with van der Waals surface area (Å²) < 4.78 is 19.0. The molecule has 0 atom stereocenters. The van der Waals surface area contributed by atoms with E-state index in [-0.39, 0.29) is 24.6 Å². The highest BCUT2D eigenvalue weighted by Crippen LogP contribution is 2.19. The van der Waals surface area contributed by atoms with E-state index in [1.54, 1.807) is 30.3 Å². The monoisotopic (exact) mass is 344 g/mol. The lowest BCUT2D eigenvalue weighted by Crippen LogP contribution is -2.37. The van der Waals surface area contributed by atoms with Crippen LogP contribution in [0.25, 0.3) is 0 Å². The zero-order valence-corrected chi connectivity index (χ0v) is 14.3. The van der Waals surface area contributed by atoms with Crippen LogP contribution in [-0.4, -0.2) is 31.5 Å². The average Bonchev–Trinajstić information content (AvgIpc) is 2.60. The quantitative estimate of drug-likeness (QED) is 0.840. The van der Waals surface area contributed by atoms with E-state index in [1.807, 2.05) is 6.92 Å². The number of halogens is 1. The van der Waals surface area contributed by atoms with E-state index in [1.165, 1.54) is 30.0 Å². The van der Waals surface area contributed by atoms with Crippen molar-refractivity contribution in [3.63, 3.8) is 0 Å². The van der Waals surface area contributed by atoms with Crippen LogP contribution in [0.3, 0.4) is 0 Å². The molecular weight excluding hydrogens is 323 g/mol. The molecule has 0 spiro atoms. The molecule has 2 aromatic carbocycles. The highest BCUT2D eigenvalue weighted by Gasteiger charge is 2.14. The second-order valence-corrected chi connectivity index (χ2v) is 5.33. The fourth-order valence-corrected chi connectivity index (χ4v) is 2.38. The Balaban J connectivity index is 1.97. The van der Waals surface area contributed by atoms with Gasteiger partial charge in [-0.25, -0.2) is 4.39 Å². The van der Waals surface area contributed by atoms with Gasteiger partial charge in [0.05, 0.1) is 12.2 Å². The van der Waals surface area contributed by atoms with E-state index >= 15 is 0 Å². The molecule has 0 radical (unpaired) electrons. The maximum absolute atomic E-state index is 13.6. The molecule has 0 aliphatic carbocycles. The lowest BCUT2D eigenvalue weighted by atomic mass is 10.2. The number of carbonyl (C=O) groups excluding carboxylic acids is 2. The van der Waals surface area contributed by atoms with Gasteiger partial charge in [0.15, 0.2) is 0 Å². The standard InChI is InChI=1S/C19H21FN2O3/c1-3-25-16-10-8-15(9-11-16)22(14(2)23)13-12-21-19(24)17-6-4-5-7-18(17)20/h4-11H,3,12-13H2,1-2H3,(H,21,24). The first kappa shape index (κ1) is 18.4. The van der Waals surface area contributed by atoms with Gasteiger partial charge in [-0.2, -0.15) is 0 Å². The summed E-state index contributed by atoms with van der Waals surface area (Å²) in [7, 11) is 0. The van der Waals surface area contributed by atoms with Crippen molar-refractivity contribution in [2.75, 3.05) is 24.6 Å². The van der Waals surface area contributed by atoms with Crippen molar-refractivity contribution < 1.29 is 18.7 Å². The molecule has 0 bridgehead atoms. The Labute approximate surface area is 146 Å². The van der Waals surface area contributed by atoms with Gasteiger partial charge in [-0.15, -0.1) is 0 Å². The number of benzene rings is 2. The first-order valence-electron chi connectivity index (χ1n) is 8.06. The molecule has 132 valence electrons. The molecule has 1 N–H and O–H groups in total. The second kappa shape index (κ2) is 8.82. The van der Waals surface area contributed by atoms with Gasteiger partial charge in [0, 0.05) is 25.7 Å². The third-order valence-corrected chi connectivity index (χ3v) is 3.58. The van der Waals surface area contributed by atoms with Crippen molar-refractivity contribution in [2.24, 2.45) is 0 Å². The number of nitrogens with one attached hydrogen (secondary N) is 1. The third kappa shape index (κ3) is 5.04. The molecule has 0 unspecified atom stereocenters. The smallest absolute Gasteiger partial charge is 0.254 e. The largest absolute Gasteiger partial charge is 0.494 e. The molecule has 5 nitrogen and oxygen atoms in total. The Hall–Kier alpha value is -2.89. The van der Waals surface area contributed by atoms with Crippen LogP contribution < -0.4 is 15.0 Å². The predicted octanol–water partition coefficient (Wildman–Crippen LogP) is 3.01. The molecule has 0 saturated heterocycles. The number of rotatable bonds is 7. The fourth-order valence-electron chi connectivity index (χ4n) is 2.38. The zero-order chi connectivity index (χ0) is 18.2. The number of amides is 2. The van der Waals surface area contributed by atoms with Crippen molar-refractivity contribution in [3.05, 3.63) is 59.9 Å². The number of carbonyl (C=O) groups is 2. The van der Waals surface area contributed by atoms with Crippen LogP contribution in [0.4, 0.5) is 10.1 Å². The number of hydrogen-bond donors (Lipinski definition) is 1. The first-order chi connectivity index (χ1) is 12.0. The number of ether oxygens (including phenoxy) is 1. The molecule has 0 aliphatic heterocycles. The molecule has 0 aromatic heterocycles. The Kier molecular flexibility index (Phi) is 6.51. The minimum Gasteiger partial charge on any atom is -0.494 e. The minimum absolute atomic E-state index is 0.0158. The van der Waals surface area contributed by atoms with Crippen LogP contribution >= 0.6 is 0 Å². The molecule has 2 rings (SSSR count). The fraction of sp³-hybridized carbons (Fsp3) is 0.263. The van der Waals surface area contributed by atoms with Gasteiger partial charge in [-0.3, -0.25) is 9.59 Å². The molecule has 0 fully saturated rings. The first-order valence-corrected chi connectivity index (χ1v) is 8.06. The summed E-state index contributed by atoms with van der Waals surface area (Å²) in [5.41, 5.74) is 0.689. The molecule has 6 heteroatoms. The van der Waals surface area contributed by atoms with Crippen molar-refractivity contribution in [2.45, 2.75) is 13.8 Å². The Morgan fingerprint density at radius 1 is 1.12 bits per heavy atom. The van der Waals surface area contributed by atoms with Crippen molar-refractivity contribution in [1.29, 1.82) is 0 Å². The topological polar surface area (TPSA) is 58.6 Å². The van der Waals surface area contributed by atoms with Crippen LogP contribution in [0, 0.1) is 5.82 Å². The summed E-state index contributed by atoms with van der Waals surface area (Å²) in [6, 6.07) is 12.9. The molecule has 2 amide bonds. The summed E-state index contributed by atoms with van der Waals surface area (Å²) in [5.74, 6) is -0.504. The number of hydrogen-bond acceptors (Lipinski definition) is 3. The minimum atomic E-state index is -0.574. The summed E-state index contributed by atoms with van der Waals surface area (Å²) >= 11 is 0. The lowest BCUT2D eigenvalue weighted by molar-refractivity contribution is -0.116. The number of nitrogens with zero attached hydrogens (tertiary/aromatic N) is 1. The highest BCUT2D eigenvalue weighted by atomic mass is 19.1. The van der Waals surface area contributed by atoms with E-state index in [0.717, 1.165) is 5.75 Å². The van der Waals surface area contributed by atoms with Gasteiger partial charge in [-0.1, -0.05) is 12.1 Å². The van der Waals surface area contributed by atoms with Crippen LogP contribution in [0.5, 0.6) is 5.75 Å². The normalized spacial score (nSPS) is 10.2. The zero-order valence-electron chi connectivity index (χ0n) is 14.3. The van der Waals surface area contributed by atoms with E-state index < -0.39 is 11.7 Å². The van der Waals surface area contributed by atoms with E-state index in [2.05, 4.69) is 5.32 Å². The number of anilines is 1. The second-order valence-electron chi connectivity index (χ2n) is 5.33. The van der Waals surface area contributed by atoms with Crippen LogP contribution in [0.2, 0.25) is 0 Å². The van der Waals surface area contributed by atoms with Crippen LogP contribution in [0.1, 0.15) is 24.2 Å². The molecule has 0 heterocycles. The van der Waals surface area contributed by atoms with Crippen molar-refractivity contribution in [1.82, 2.24) is 5.32 Å². The maximum Gasteiger partial charge on any atom is 0.254 e. The van der Waals surface area contributed by atoms with Gasteiger partial charge < -0.3 is 15.0 Å². The molecule has 2 aromatic rings. The Morgan fingerprint density at radius 3 is 2.40 bits per heavy atom. The van der Waals surface area contributed by atoms with Gasteiger partial charge in [0.2, 0.25) is 5.91 Å². The van der Waals surface area contributed by atoms with Gasteiger partial charge in [0.1, 0.15) is 11.6 Å². The van der Waals surface area contributed by atoms with Crippen molar-refractivity contribution in [3.8, 4) is 5.75 Å². The van der Waals surface area contributed by atoms with Gasteiger partial charge in [0.25, 0.3) is 5.91 Å².